The van der Waals surface area contributed by atoms with Gasteiger partial charge in [0.25, 0.3) is 0 Å². The van der Waals surface area contributed by atoms with Crippen LogP contribution < -0.4 is 5.32 Å². The zero-order chi connectivity index (χ0) is 12.7. The van der Waals surface area contributed by atoms with Crippen LogP contribution in [-0.2, 0) is 4.79 Å². The van der Waals surface area contributed by atoms with Crippen molar-refractivity contribution in [2.24, 2.45) is 11.3 Å². The van der Waals surface area contributed by atoms with Crippen LogP contribution in [0.1, 0.15) is 45.4 Å². The van der Waals surface area contributed by atoms with Crippen LogP contribution in [0.3, 0.4) is 0 Å². The molecule has 2 N–H and O–H groups in total. The summed E-state index contributed by atoms with van der Waals surface area (Å²) in [5.74, 6) is 0.132. The maximum Gasteiger partial charge on any atom is 0.240 e. The first-order chi connectivity index (χ1) is 8.14. The number of rotatable bonds is 5. The lowest BCUT2D eigenvalue weighted by molar-refractivity contribution is -0.129. The van der Waals surface area contributed by atoms with Gasteiger partial charge in [0, 0.05) is 13.2 Å². The van der Waals surface area contributed by atoms with Crippen molar-refractivity contribution >= 4 is 5.91 Å². The molecule has 1 amide bonds. The second-order valence-corrected chi connectivity index (χ2v) is 5.08. The van der Waals surface area contributed by atoms with E-state index < -0.39 is 5.41 Å². The molecule has 1 aliphatic rings. The molecule has 0 aromatic carbocycles. The molecule has 4 nitrogen and oxygen atoms in total. The molecule has 1 atom stereocenters. The van der Waals surface area contributed by atoms with Crippen molar-refractivity contribution in [1.29, 1.82) is 5.26 Å². The summed E-state index contributed by atoms with van der Waals surface area (Å²) in [5.41, 5.74) is -0.794. The first-order valence-electron chi connectivity index (χ1n) is 6.45. The third-order valence-corrected chi connectivity index (χ3v) is 3.59. The second-order valence-electron chi connectivity index (χ2n) is 5.08. The maximum atomic E-state index is 12.1. The third-order valence-electron chi connectivity index (χ3n) is 3.59. The smallest absolute Gasteiger partial charge is 0.240 e. The van der Waals surface area contributed by atoms with Crippen molar-refractivity contribution in [2.45, 2.75) is 45.4 Å². The van der Waals surface area contributed by atoms with Crippen molar-refractivity contribution in [3.8, 4) is 6.07 Å². The molecule has 0 spiro atoms. The number of nitrogens with zero attached hydrogens (tertiary/aromatic N) is 1. The van der Waals surface area contributed by atoms with E-state index in [0.717, 1.165) is 19.3 Å². The van der Waals surface area contributed by atoms with Crippen LogP contribution >= 0.6 is 0 Å². The SMILES string of the molecule is CC(CCO)CNC(=O)C1(C#N)CCCCC1. The Kier molecular flexibility index (Phi) is 5.43. The monoisotopic (exact) mass is 238 g/mol. The van der Waals surface area contributed by atoms with Gasteiger partial charge in [0.2, 0.25) is 5.91 Å². The average molecular weight is 238 g/mol. The van der Waals surface area contributed by atoms with Crippen molar-refractivity contribution in [1.82, 2.24) is 5.32 Å². The van der Waals surface area contributed by atoms with Crippen molar-refractivity contribution < 1.29 is 9.90 Å². The van der Waals surface area contributed by atoms with E-state index in [1.165, 1.54) is 0 Å². The Morgan fingerprint density at radius 2 is 2.12 bits per heavy atom. The minimum atomic E-state index is -0.794. The number of amides is 1. The Hall–Kier alpha value is -1.08. The van der Waals surface area contributed by atoms with Crippen LogP contribution in [0.5, 0.6) is 0 Å². The number of carbonyl (C=O) groups is 1. The zero-order valence-corrected chi connectivity index (χ0v) is 10.5. The number of hydrogen-bond acceptors (Lipinski definition) is 3. The van der Waals surface area contributed by atoms with E-state index in [9.17, 15) is 10.1 Å². The van der Waals surface area contributed by atoms with E-state index in [4.69, 9.17) is 5.11 Å². The Balaban J connectivity index is 2.47. The quantitative estimate of drug-likeness (QED) is 0.764. The highest BCUT2D eigenvalue weighted by molar-refractivity contribution is 5.85. The molecule has 0 bridgehead atoms. The number of nitrogens with one attached hydrogen (secondary N) is 1. The third kappa shape index (κ3) is 3.71. The van der Waals surface area contributed by atoms with Crippen LogP contribution in [0.4, 0.5) is 0 Å². The van der Waals surface area contributed by atoms with E-state index in [2.05, 4.69) is 11.4 Å². The molecule has 0 saturated heterocycles. The molecule has 0 radical (unpaired) electrons. The molecule has 17 heavy (non-hydrogen) atoms. The van der Waals surface area contributed by atoms with E-state index in [0.29, 0.717) is 25.8 Å². The molecule has 1 unspecified atom stereocenters. The van der Waals surface area contributed by atoms with E-state index in [1.54, 1.807) is 0 Å². The fourth-order valence-corrected chi connectivity index (χ4v) is 2.30. The molecule has 1 saturated carbocycles. The Morgan fingerprint density at radius 1 is 1.47 bits per heavy atom. The minimum Gasteiger partial charge on any atom is -0.396 e. The first-order valence-corrected chi connectivity index (χ1v) is 6.45. The fourth-order valence-electron chi connectivity index (χ4n) is 2.30. The highest BCUT2D eigenvalue weighted by Gasteiger charge is 2.39. The Labute approximate surface area is 103 Å². The molecule has 0 heterocycles. The fraction of sp³-hybridized carbons (Fsp3) is 0.846. The molecular weight excluding hydrogens is 216 g/mol. The summed E-state index contributed by atoms with van der Waals surface area (Å²) in [6.07, 6.45) is 5.10. The van der Waals surface area contributed by atoms with Gasteiger partial charge >= 0.3 is 0 Å². The van der Waals surface area contributed by atoms with Gasteiger partial charge in [-0.3, -0.25) is 4.79 Å². The molecule has 1 aliphatic carbocycles. The molecular formula is C13H22N2O2. The minimum absolute atomic E-state index is 0.121. The van der Waals surface area contributed by atoms with Gasteiger partial charge in [-0.05, 0) is 25.2 Å². The Bertz CT molecular complexity index is 290. The number of hydrogen-bond donors (Lipinski definition) is 2. The molecule has 1 fully saturated rings. The summed E-state index contributed by atoms with van der Waals surface area (Å²) in [7, 11) is 0. The number of aliphatic hydroxyl groups excluding tert-OH is 1. The van der Waals surface area contributed by atoms with Crippen LogP contribution in [0.25, 0.3) is 0 Å². The van der Waals surface area contributed by atoms with Crippen molar-refractivity contribution in [3.63, 3.8) is 0 Å². The van der Waals surface area contributed by atoms with Crippen LogP contribution in [0.2, 0.25) is 0 Å². The first kappa shape index (κ1) is 14.0. The highest BCUT2D eigenvalue weighted by Crippen LogP contribution is 2.35. The number of carbonyl (C=O) groups excluding carboxylic acids is 1. The van der Waals surface area contributed by atoms with Gasteiger partial charge in [-0.15, -0.1) is 0 Å². The van der Waals surface area contributed by atoms with Gasteiger partial charge in [-0.1, -0.05) is 26.2 Å². The molecule has 0 aliphatic heterocycles. The van der Waals surface area contributed by atoms with E-state index >= 15 is 0 Å². The standard InChI is InChI=1S/C13H22N2O2/c1-11(5-8-16)9-15-12(17)13(10-14)6-3-2-4-7-13/h11,16H,2-9H2,1H3,(H,15,17). The molecule has 1 rings (SSSR count). The van der Waals surface area contributed by atoms with Crippen molar-refractivity contribution in [3.05, 3.63) is 0 Å². The molecule has 4 heteroatoms. The van der Waals surface area contributed by atoms with Gasteiger partial charge < -0.3 is 10.4 Å². The van der Waals surface area contributed by atoms with Gasteiger partial charge in [-0.2, -0.15) is 5.26 Å². The maximum absolute atomic E-state index is 12.1. The van der Waals surface area contributed by atoms with E-state index in [1.807, 2.05) is 6.92 Å². The number of nitriles is 1. The highest BCUT2D eigenvalue weighted by atomic mass is 16.3. The predicted molar refractivity (Wildman–Crippen MR) is 65.0 cm³/mol. The number of aliphatic hydroxyl groups is 1. The summed E-state index contributed by atoms with van der Waals surface area (Å²) in [6.45, 7) is 2.67. The van der Waals surface area contributed by atoms with Crippen LogP contribution in [0, 0.1) is 22.7 Å². The predicted octanol–water partition coefficient (Wildman–Crippen LogP) is 1.60. The van der Waals surface area contributed by atoms with Gasteiger partial charge in [0.15, 0.2) is 0 Å². The molecule has 0 aromatic rings. The summed E-state index contributed by atoms with van der Waals surface area (Å²) in [6, 6.07) is 2.21. The van der Waals surface area contributed by atoms with Gasteiger partial charge in [0.05, 0.1) is 6.07 Å². The topological polar surface area (TPSA) is 73.1 Å². The van der Waals surface area contributed by atoms with Crippen LogP contribution in [0.15, 0.2) is 0 Å². The van der Waals surface area contributed by atoms with Crippen molar-refractivity contribution in [2.75, 3.05) is 13.2 Å². The lowest BCUT2D eigenvalue weighted by atomic mass is 9.74. The summed E-state index contributed by atoms with van der Waals surface area (Å²) < 4.78 is 0. The lowest BCUT2D eigenvalue weighted by Gasteiger charge is -2.29. The molecule has 0 aromatic heterocycles. The Morgan fingerprint density at radius 3 is 2.65 bits per heavy atom. The largest absolute Gasteiger partial charge is 0.396 e. The van der Waals surface area contributed by atoms with E-state index in [-0.39, 0.29) is 18.4 Å². The summed E-state index contributed by atoms with van der Waals surface area (Å²) in [4.78, 5) is 12.1. The summed E-state index contributed by atoms with van der Waals surface area (Å²) >= 11 is 0. The van der Waals surface area contributed by atoms with Gasteiger partial charge in [0.1, 0.15) is 5.41 Å². The van der Waals surface area contributed by atoms with Crippen LogP contribution in [-0.4, -0.2) is 24.2 Å². The second kappa shape index (κ2) is 6.61. The average Bonchev–Trinajstić information content (AvgIpc) is 2.37. The molecule has 96 valence electrons. The van der Waals surface area contributed by atoms with Gasteiger partial charge in [-0.25, -0.2) is 0 Å². The lowest BCUT2D eigenvalue weighted by Crippen LogP contribution is -2.43. The zero-order valence-electron chi connectivity index (χ0n) is 10.5. The summed E-state index contributed by atoms with van der Waals surface area (Å²) in [5, 5.41) is 20.9. The normalized spacial score (nSPS) is 20.3.